The molecular formula is C13H15N3O2. The van der Waals surface area contributed by atoms with E-state index in [4.69, 9.17) is 4.74 Å². The Morgan fingerprint density at radius 2 is 2.28 bits per heavy atom. The lowest BCUT2D eigenvalue weighted by atomic mass is 10.2. The second kappa shape index (κ2) is 4.08. The van der Waals surface area contributed by atoms with E-state index in [2.05, 4.69) is 9.97 Å². The zero-order valence-corrected chi connectivity index (χ0v) is 10.6. The summed E-state index contributed by atoms with van der Waals surface area (Å²) in [5.74, 6) is 0.212. The van der Waals surface area contributed by atoms with Crippen molar-refractivity contribution in [3.63, 3.8) is 0 Å². The molecule has 18 heavy (non-hydrogen) atoms. The molecule has 5 nitrogen and oxygen atoms in total. The summed E-state index contributed by atoms with van der Waals surface area (Å²) in [5.41, 5.74) is 3.90. The molecule has 0 spiro atoms. The largest absolute Gasteiger partial charge is 0.461 e. The first kappa shape index (κ1) is 11.2. The van der Waals surface area contributed by atoms with Gasteiger partial charge in [0.05, 0.1) is 6.61 Å². The molecule has 5 heteroatoms. The van der Waals surface area contributed by atoms with E-state index in [1.54, 1.807) is 13.1 Å². The lowest BCUT2D eigenvalue weighted by molar-refractivity contribution is 0.0520. The van der Waals surface area contributed by atoms with Gasteiger partial charge in [-0.1, -0.05) is 0 Å². The number of hydrogen-bond acceptors (Lipinski definition) is 4. The van der Waals surface area contributed by atoms with Crippen LogP contribution >= 0.6 is 0 Å². The van der Waals surface area contributed by atoms with Crippen LogP contribution in [0.4, 0.5) is 0 Å². The van der Waals surface area contributed by atoms with Gasteiger partial charge in [-0.3, -0.25) is 4.40 Å². The molecule has 2 aromatic heterocycles. The molecule has 1 aliphatic carbocycles. The van der Waals surface area contributed by atoms with Crippen LogP contribution in [-0.2, 0) is 17.6 Å². The summed E-state index contributed by atoms with van der Waals surface area (Å²) in [6.07, 6.45) is 4.97. The summed E-state index contributed by atoms with van der Waals surface area (Å²) in [6, 6.07) is 0. The summed E-state index contributed by atoms with van der Waals surface area (Å²) < 4.78 is 6.90. The van der Waals surface area contributed by atoms with E-state index in [9.17, 15) is 4.79 Å². The van der Waals surface area contributed by atoms with Crippen molar-refractivity contribution in [3.05, 3.63) is 28.8 Å². The van der Waals surface area contributed by atoms with Crippen molar-refractivity contribution < 1.29 is 9.53 Å². The third-order valence-corrected chi connectivity index (χ3v) is 3.36. The van der Waals surface area contributed by atoms with Gasteiger partial charge in [-0.05, 0) is 38.7 Å². The van der Waals surface area contributed by atoms with Gasteiger partial charge in [-0.2, -0.15) is 0 Å². The van der Waals surface area contributed by atoms with Gasteiger partial charge in [0.1, 0.15) is 0 Å². The molecule has 0 saturated carbocycles. The fourth-order valence-corrected chi connectivity index (χ4v) is 2.55. The van der Waals surface area contributed by atoms with Gasteiger partial charge in [0.25, 0.3) is 0 Å². The Morgan fingerprint density at radius 3 is 3.06 bits per heavy atom. The minimum Gasteiger partial charge on any atom is -0.461 e. The average Bonchev–Trinajstić information content (AvgIpc) is 2.93. The highest BCUT2D eigenvalue weighted by Gasteiger charge is 2.21. The SMILES string of the molecule is CCOC(=O)c1cn2c3c(c(C)nc2n1)CCC3. The van der Waals surface area contributed by atoms with E-state index >= 15 is 0 Å². The molecule has 0 bridgehead atoms. The van der Waals surface area contributed by atoms with Crippen molar-refractivity contribution in [1.29, 1.82) is 0 Å². The normalized spacial score (nSPS) is 13.9. The lowest BCUT2D eigenvalue weighted by Crippen LogP contribution is -2.04. The quantitative estimate of drug-likeness (QED) is 0.756. The fourth-order valence-electron chi connectivity index (χ4n) is 2.55. The molecule has 0 amide bonds. The molecule has 0 aliphatic heterocycles. The number of fused-ring (bicyclic) bond motifs is 3. The first-order valence-electron chi connectivity index (χ1n) is 6.25. The molecule has 94 valence electrons. The molecule has 0 saturated heterocycles. The molecule has 2 aromatic rings. The predicted molar refractivity (Wildman–Crippen MR) is 65.7 cm³/mol. The van der Waals surface area contributed by atoms with Gasteiger partial charge in [0.2, 0.25) is 5.78 Å². The minimum absolute atomic E-state index is 0.337. The van der Waals surface area contributed by atoms with Gasteiger partial charge < -0.3 is 4.74 Å². The van der Waals surface area contributed by atoms with Crippen molar-refractivity contribution in [2.24, 2.45) is 0 Å². The van der Waals surface area contributed by atoms with E-state index in [1.165, 1.54) is 11.3 Å². The number of carbonyl (C=O) groups excluding carboxylic acids is 1. The Balaban J connectivity index is 2.15. The summed E-state index contributed by atoms with van der Waals surface area (Å²) >= 11 is 0. The fraction of sp³-hybridized carbons (Fsp3) is 0.462. The monoisotopic (exact) mass is 245 g/mol. The van der Waals surface area contributed by atoms with Crippen molar-refractivity contribution in [1.82, 2.24) is 14.4 Å². The van der Waals surface area contributed by atoms with E-state index in [-0.39, 0.29) is 5.97 Å². The topological polar surface area (TPSA) is 56.5 Å². The molecule has 0 unspecified atom stereocenters. The van der Waals surface area contributed by atoms with Gasteiger partial charge in [-0.15, -0.1) is 0 Å². The van der Waals surface area contributed by atoms with E-state index < -0.39 is 0 Å². The highest BCUT2D eigenvalue weighted by Crippen LogP contribution is 2.25. The Hall–Kier alpha value is -1.91. The van der Waals surface area contributed by atoms with Crippen molar-refractivity contribution >= 4 is 11.7 Å². The number of imidazole rings is 1. The summed E-state index contributed by atoms with van der Waals surface area (Å²) in [6.45, 7) is 4.15. The first-order valence-corrected chi connectivity index (χ1v) is 6.25. The Labute approximate surface area is 105 Å². The smallest absolute Gasteiger partial charge is 0.358 e. The second-order valence-corrected chi connectivity index (χ2v) is 4.49. The summed E-state index contributed by atoms with van der Waals surface area (Å²) in [7, 11) is 0. The van der Waals surface area contributed by atoms with Crippen LogP contribution in [0.1, 0.15) is 40.8 Å². The van der Waals surface area contributed by atoms with Crippen LogP contribution in [0.15, 0.2) is 6.20 Å². The van der Waals surface area contributed by atoms with Crippen LogP contribution in [0.5, 0.6) is 0 Å². The van der Waals surface area contributed by atoms with Crippen molar-refractivity contribution in [2.45, 2.75) is 33.1 Å². The highest BCUT2D eigenvalue weighted by molar-refractivity contribution is 5.87. The number of hydrogen-bond donors (Lipinski definition) is 0. The zero-order chi connectivity index (χ0) is 12.7. The number of rotatable bonds is 2. The lowest BCUT2D eigenvalue weighted by Gasteiger charge is -2.05. The van der Waals surface area contributed by atoms with Crippen LogP contribution in [0.2, 0.25) is 0 Å². The predicted octanol–water partition coefficient (Wildman–Crippen LogP) is 1.70. The van der Waals surface area contributed by atoms with Gasteiger partial charge in [0, 0.05) is 17.6 Å². The maximum absolute atomic E-state index is 11.7. The van der Waals surface area contributed by atoms with Crippen LogP contribution in [-0.4, -0.2) is 26.9 Å². The molecule has 0 N–H and O–H groups in total. The average molecular weight is 245 g/mol. The first-order chi connectivity index (χ1) is 8.70. The number of aryl methyl sites for hydroxylation is 2. The second-order valence-electron chi connectivity index (χ2n) is 4.49. The van der Waals surface area contributed by atoms with Crippen LogP contribution in [0.3, 0.4) is 0 Å². The Kier molecular flexibility index (Phi) is 2.54. The van der Waals surface area contributed by atoms with E-state index in [0.29, 0.717) is 18.1 Å². The molecule has 0 atom stereocenters. The Morgan fingerprint density at radius 1 is 1.44 bits per heavy atom. The maximum atomic E-state index is 11.7. The third kappa shape index (κ3) is 1.58. The number of ether oxygens (including phenoxy) is 1. The molecule has 0 aromatic carbocycles. The van der Waals surface area contributed by atoms with Gasteiger partial charge in [-0.25, -0.2) is 14.8 Å². The highest BCUT2D eigenvalue weighted by atomic mass is 16.5. The minimum atomic E-state index is -0.382. The maximum Gasteiger partial charge on any atom is 0.358 e. The molecule has 0 fully saturated rings. The number of carbonyl (C=O) groups is 1. The van der Waals surface area contributed by atoms with Crippen LogP contribution in [0, 0.1) is 6.92 Å². The standard InChI is InChI=1S/C13H15N3O2/c1-3-18-12(17)10-7-16-11-6-4-5-9(11)8(2)14-13(16)15-10/h7H,3-6H2,1-2H3. The van der Waals surface area contributed by atoms with Gasteiger partial charge >= 0.3 is 5.97 Å². The molecule has 2 heterocycles. The van der Waals surface area contributed by atoms with Crippen molar-refractivity contribution in [3.8, 4) is 0 Å². The summed E-state index contributed by atoms with van der Waals surface area (Å²) in [5, 5.41) is 0. The molecule has 0 radical (unpaired) electrons. The molecule has 3 rings (SSSR count). The zero-order valence-electron chi connectivity index (χ0n) is 10.6. The summed E-state index contributed by atoms with van der Waals surface area (Å²) in [4.78, 5) is 20.4. The molecular weight excluding hydrogens is 230 g/mol. The van der Waals surface area contributed by atoms with Gasteiger partial charge in [0.15, 0.2) is 5.69 Å². The Bertz CT molecular complexity index is 631. The van der Waals surface area contributed by atoms with Crippen LogP contribution < -0.4 is 0 Å². The van der Waals surface area contributed by atoms with Crippen LogP contribution in [0.25, 0.3) is 5.78 Å². The number of aromatic nitrogens is 3. The molecule has 1 aliphatic rings. The third-order valence-electron chi connectivity index (χ3n) is 3.36. The van der Waals surface area contributed by atoms with E-state index in [0.717, 1.165) is 25.0 Å². The number of nitrogens with zero attached hydrogens (tertiary/aromatic N) is 3. The van der Waals surface area contributed by atoms with Crippen molar-refractivity contribution in [2.75, 3.05) is 6.61 Å². The van der Waals surface area contributed by atoms with E-state index in [1.807, 2.05) is 11.3 Å². The number of esters is 1.